The van der Waals surface area contributed by atoms with Crippen molar-refractivity contribution in [2.75, 3.05) is 31.1 Å². The van der Waals surface area contributed by atoms with E-state index < -0.39 is 14.9 Å². The Bertz CT molecular complexity index is 1010. The maximum Gasteiger partial charge on any atom is 0.270 e. The van der Waals surface area contributed by atoms with Gasteiger partial charge in [0.2, 0.25) is 10.0 Å². The zero-order chi connectivity index (χ0) is 20.6. The average molecular weight is 420 g/mol. The van der Waals surface area contributed by atoms with Crippen LogP contribution in [0.2, 0.25) is 0 Å². The van der Waals surface area contributed by atoms with Gasteiger partial charge in [0.25, 0.3) is 5.69 Å². The molecule has 9 nitrogen and oxygen atoms in total. The molecule has 2 saturated heterocycles. The molecule has 10 heteroatoms. The van der Waals surface area contributed by atoms with Crippen molar-refractivity contribution < 1.29 is 13.3 Å². The van der Waals surface area contributed by atoms with E-state index in [9.17, 15) is 18.5 Å². The third kappa shape index (κ3) is 3.99. The Hall–Kier alpha value is -2.46. The van der Waals surface area contributed by atoms with E-state index in [4.69, 9.17) is 0 Å². The molecule has 0 radical (unpaired) electrons. The van der Waals surface area contributed by atoms with E-state index in [0.29, 0.717) is 24.7 Å². The van der Waals surface area contributed by atoms with Crippen LogP contribution in [0.25, 0.3) is 0 Å². The second kappa shape index (κ2) is 7.75. The van der Waals surface area contributed by atoms with Crippen molar-refractivity contribution in [2.45, 2.75) is 30.6 Å². The number of hydrogen-bond donors (Lipinski definition) is 0. The molecule has 1 aromatic carbocycles. The fourth-order valence-electron chi connectivity index (χ4n) is 4.28. The van der Waals surface area contributed by atoms with Crippen LogP contribution in [0.15, 0.2) is 35.5 Å². The molecule has 3 heterocycles. The maximum absolute atomic E-state index is 13.2. The number of benzene rings is 1. The van der Waals surface area contributed by atoms with Crippen LogP contribution in [0.3, 0.4) is 0 Å². The first-order valence-electron chi connectivity index (χ1n) is 9.85. The van der Waals surface area contributed by atoms with Gasteiger partial charge in [0, 0.05) is 51.6 Å². The minimum absolute atomic E-state index is 0.0515. The number of rotatable bonds is 6. The molecule has 1 aromatic heterocycles. The Kier molecular flexibility index (Phi) is 5.30. The quantitative estimate of drug-likeness (QED) is 0.525. The molecular formula is C19H25N5O4S. The highest BCUT2D eigenvalue weighted by atomic mass is 32.2. The highest BCUT2D eigenvalue weighted by Crippen LogP contribution is 2.36. The van der Waals surface area contributed by atoms with E-state index >= 15 is 0 Å². The molecular weight excluding hydrogens is 394 g/mol. The zero-order valence-corrected chi connectivity index (χ0v) is 17.2. The highest BCUT2D eigenvalue weighted by Gasteiger charge is 2.34. The van der Waals surface area contributed by atoms with Gasteiger partial charge in [0.05, 0.1) is 16.8 Å². The smallest absolute Gasteiger partial charge is 0.270 e. The van der Waals surface area contributed by atoms with Gasteiger partial charge in [0.1, 0.15) is 4.90 Å². The van der Waals surface area contributed by atoms with Gasteiger partial charge in [0.15, 0.2) is 0 Å². The molecule has 1 atom stereocenters. The van der Waals surface area contributed by atoms with Gasteiger partial charge in [-0.1, -0.05) is 0 Å². The SMILES string of the molecule is Cn1cc(CC2CCN(c3ccc([N+](=O)[O-])cc3S(=O)(=O)N3CCCC3)C2)cn1. The van der Waals surface area contributed by atoms with Crippen LogP contribution in [-0.2, 0) is 23.5 Å². The molecule has 29 heavy (non-hydrogen) atoms. The average Bonchev–Trinajstić information content (AvgIpc) is 3.44. The van der Waals surface area contributed by atoms with Gasteiger partial charge in [-0.15, -0.1) is 0 Å². The third-order valence-electron chi connectivity index (χ3n) is 5.75. The molecule has 0 bridgehead atoms. The summed E-state index contributed by atoms with van der Waals surface area (Å²) in [5.74, 6) is 0.386. The molecule has 0 aliphatic carbocycles. The molecule has 0 spiro atoms. The van der Waals surface area contributed by atoms with Crippen LogP contribution in [-0.4, -0.2) is 53.6 Å². The van der Waals surface area contributed by atoms with Crippen molar-refractivity contribution in [3.05, 3.63) is 46.3 Å². The number of aryl methyl sites for hydroxylation is 1. The van der Waals surface area contributed by atoms with Crippen molar-refractivity contribution in [1.29, 1.82) is 0 Å². The lowest BCUT2D eigenvalue weighted by atomic mass is 10.0. The van der Waals surface area contributed by atoms with Crippen molar-refractivity contribution in [2.24, 2.45) is 13.0 Å². The van der Waals surface area contributed by atoms with Crippen LogP contribution in [0, 0.1) is 16.0 Å². The topological polar surface area (TPSA) is 102 Å². The normalized spacial score (nSPS) is 20.4. The second-order valence-electron chi connectivity index (χ2n) is 7.85. The number of nitrogens with zero attached hydrogens (tertiary/aromatic N) is 5. The van der Waals surface area contributed by atoms with E-state index in [0.717, 1.165) is 44.3 Å². The number of non-ortho nitro benzene ring substituents is 1. The van der Waals surface area contributed by atoms with E-state index in [2.05, 4.69) is 5.10 Å². The summed E-state index contributed by atoms with van der Waals surface area (Å²) in [6.07, 6.45) is 7.32. The highest BCUT2D eigenvalue weighted by molar-refractivity contribution is 7.89. The van der Waals surface area contributed by atoms with E-state index in [1.807, 2.05) is 24.3 Å². The van der Waals surface area contributed by atoms with Crippen molar-refractivity contribution >= 4 is 21.4 Å². The largest absolute Gasteiger partial charge is 0.370 e. The fourth-order valence-corrected chi connectivity index (χ4v) is 6.03. The van der Waals surface area contributed by atoms with Crippen LogP contribution in [0.4, 0.5) is 11.4 Å². The lowest BCUT2D eigenvalue weighted by molar-refractivity contribution is -0.385. The van der Waals surface area contributed by atoms with E-state index in [-0.39, 0.29) is 10.6 Å². The first-order chi connectivity index (χ1) is 13.8. The molecule has 2 aliphatic rings. The molecule has 0 amide bonds. The number of anilines is 1. The Labute approximate surface area is 170 Å². The molecule has 1 unspecified atom stereocenters. The molecule has 2 aromatic rings. The summed E-state index contributed by atoms with van der Waals surface area (Å²) in [5, 5.41) is 15.5. The summed E-state index contributed by atoms with van der Waals surface area (Å²) in [4.78, 5) is 12.8. The van der Waals surface area contributed by atoms with Crippen LogP contribution in [0.5, 0.6) is 0 Å². The van der Waals surface area contributed by atoms with E-state index in [1.165, 1.54) is 16.4 Å². The zero-order valence-electron chi connectivity index (χ0n) is 16.4. The molecule has 0 N–H and O–H groups in total. The number of aromatic nitrogens is 2. The van der Waals surface area contributed by atoms with Crippen LogP contribution < -0.4 is 4.90 Å². The predicted molar refractivity (Wildman–Crippen MR) is 108 cm³/mol. The number of nitro benzene ring substituents is 1. The maximum atomic E-state index is 13.2. The van der Waals surface area contributed by atoms with Gasteiger partial charge in [-0.25, -0.2) is 8.42 Å². The molecule has 2 fully saturated rings. The summed E-state index contributed by atoms with van der Waals surface area (Å²) in [5.41, 5.74) is 1.53. The van der Waals surface area contributed by atoms with Crippen molar-refractivity contribution in [3.8, 4) is 0 Å². The Morgan fingerprint density at radius 3 is 2.66 bits per heavy atom. The van der Waals surface area contributed by atoms with Gasteiger partial charge in [-0.3, -0.25) is 14.8 Å². The predicted octanol–water partition coefficient (Wildman–Crippen LogP) is 2.18. The Morgan fingerprint density at radius 1 is 1.24 bits per heavy atom. The molecule has 2 aliphatic heterocycles. The summed E-state index contributed by atoms with van der Waals surface area (Å²) >= 11 is 0. The number of nitro groups is 1. The number of hydrogen-bond acceptors (Lipinski definition) is 6. The molecule has 0 saturated carbocycles. The Morgan fingerprint density at radius 2 is 2.00 bits per heavy atom. The summed E-state index contributed by atoms with van der Waals surface area (Å²) < 4.78 is 29.7. The monoisotopic (exact) mass is 419 g/mol. The summed E-state index contributed by atoms with van der Waals surface area (Å²) in [6, 6.07) is 4.21. The van der Waals surface area contributed by atoms with Crippen LogP contribution in [0.1, 0.15) is 24.8 Å². The molecule has 4 rings (SSSR count). The number of sulfonamides is 1. The second-order valence-corrected chi connectivity index (χ2v) is 9.75. The van der Waals surface area contributed by atoms with E-state index in [1.54, 1.807) is 10.7 Å². The van der Waals surface area contributed by atoms with Crippen LogP contribution >= 0.6 is 0 Å². The lowest BCUT2D eigenvalue weighted by Crippen LogP contribution is -2.30. The minimum atomic E-state index is -3.76. The van der Waals surface area contributed by atoms with Gasteiger partial charge in [-0.05, 0) is 43.2 Å². The first-order valence-corrected chi connectivity index (χ1v) is 11.3. The van der Waals surface area contributed by atoms with Crippen molar-refractivity contribution in [1.82, 2.24) is 14.1 Å². The summed E-state index contributed by atoms with van der Waals surface area (Å²) in [7, 11) is -1.88. The van der Waals surface area contributed by atoms with Gasteiger partial charge in [-0.2, -0.15) is 9.40 Å². The molecule has 156 valence electrons. The summed E-state index contributed by atoms with van der Waals surface area (Å²) in [6.45, 7) is 2.38. The first kappa shape index (κ1) is 19.8. The standard InChI is InChI=1S/C19H25N5O4S/c1-21-13-16(12-20-21)10-15-6-9-22(14-15)18-5-4-17(24(25)26)11-19(18)29(27,28)23-7-2-3-8-23/h4-5,11-13,15H,2-3,6-10,14H2,1H3. The van der Waals surface area contributed by atoms with Gasteiger partial charge >= 0.3 is 0 Å². The lowest BCUT2D eigenvalue weighted by Gasteiger charge is -2.24. The van der Waals surface area contributed by atoms with Crippen molar-refractivity contribution in [3.63, 3.8) is 0 Å². The minimum Gasteiger partial charge on any atom is -0.370 e. The third-order valence-corrected chi connectivity index (χ3v) is 7.67. The Balaban J connectivity index is 1.62. The van der Waals surface area contributed by atoms with Gasteiger partial charge < -0.3 is 4.90 Å². The fraction of sp³-hybridized carbons (Fsp3) is 0.526.